The van der Waals surface area contributed by atoms with Crippen molar-refractivity contribution in [2.75, 3.05) is 0 Å². The molecule has 0 bridgehead atoms. The molecule has 0 aromatic carbocycles. The van der Waals surface area contributed by atoms with Gasteiger partial charge in [-0.2, -0.15) is 0 Å². The van der Waals surface area contributed by atoms with Crippen LogP contribution in [0.5, 0.6) is 0 Å². The molecule has 1 aromatic heterocycles. The van der Waals surface area contributed by atoms with Crippen LogP contribution in [0.1, 0.15) is 44.3 Å². The standard InChI is InChI=1S/C12H20N4/c1-9(12-8-14-6-7-15-12)16-11-5-3-2-4-10(11)13/h6-11,16H,2-5,13H2,1H3/t9-,10-,11-/m0/s1. The second kappa shape index (κ2) is 5.37. The van der Waals surface area contributed by atoms with Gasteiger partial charge in [0, 0.05) is 36.7 Å². The van der Waals surface area contributed by atoms with E-state index < -0.39 is 0 Å². The van der Waals surface area contributed by atoms with Crippen molar-refractivity contribution in [2.24, 2.45) is 5.73 Å². The molecule has 3 atom stereocenters. The van der Waals surface area contributed by atoms with Crippen LogP contribution in [0, 0.1) is 0 Å². The van der Waals surface area contributed by atoms with Crippen LogP contribution in [-0.2, 0) is 0 Å². The molecule has 4 heteroatoms. The molecule has 0 aliphatic heterocycles. The predicted octanol–water partition coefficient (Wildman–Crippen LogP) is 1.40. The zero-order valence-electron chi connectivity index (χ0n) is 9.76. The number of nitrogens with two attached hydrogens (primary N) is 1. The quantitative estimate of drug-likeness (QED) is 0.808. The zero-order chi connectivity index (χ0) is 11.4. The normalized spacial score (nSPS) is 27.6. The topological polar surface area (TPSA) is 63.8 Å². The van der Waals surface area contributed by atoms with Gasteiger partial charge in [-0.1, -0.05) is 12.8 Å². The highest BCUT2D eigenvalue weighted by atomic mass is 15.0. The Labute approximate surface area is 96.7 Å². The second-order valence-electron chi connectivity index (χ2n) is 4.57. The molecular weight excluding hydrogens is 200 g/mol. The van der Waals surface area contributed by atoms with Gasteiger partial charge in [0.1, 0.15) is 0 Å². The molecule has 1 heterocycles. The summed E-state index contributed by atoms with van der Waals surface area (Å²) >= 11 is 0. The van der Waals surface area contributed by atoms with Crippen molar-refractivity contribution in [2.45, 2.75) is 50.7 Å². The molecule has 2 rings (SSSR count). The van der Waals surface area contributed by atoms with Crippen LogP contribution >= 0.6 is 0 Å². The minimum Gasteiger partial charge on any atom is -0.326 e. The summed E-state index contributed by atoms with van der Waals surface area (Å²) in [4.78, 5) is 8.39. The lowest BCUT2D eigenvalue weighted by atomic mass is 9.90. The molecule has 1 fully saturated rings. The van der Waals surface area contributed by atoms with Crippen molar-refractivity contribution in [3.8, 4) is 0 Å². The van der Waals surface area contributed by atoms with Gasteiger partial charge in [0.25, 0.3) is 0 Å². The van der Waals surface area contributed by atoms with E-state index in [2.05, 4.69) is 22.2 Å². The molecule has 0 saturated heterocycles. The van der Waals surface area contributed by atoms with Crippen molar-refractivity contribution in [3.63, 3.8) is 0 Å². The van der Waals surface area contributed by atoms with Crippen LogP contribution in [0.15, 0.2) is 18.6 Å². The van der Waals surface area contributed by atoms with E-state index in [4.69, 9.17) is 5.73 Å². The Balaban J connectivity index is 1.94. The lowest BCUT2D eigenvalue weighted by Crippen LogP contribution is -2.47. The minimum atomic E-state index is 0.225. The van der Waals surface area contributed by atoms with Crippen molar-refractivity contribution in [1.29, 1.82) is 0 Å². The summed E-state index contributed by atoms with van der Waals surface area (Å²) in [7, 11) is 0. The largest absolute Gasteiger partial charge is 0.326 e. The number of rotatable bonds is 3. The van der Waals surface area contributed by atoms with E-state index in [1.807, 2.05) is 6.20 Å². The van der Waals surface area contributed by atoms with Gasteiger partial charge in [-0.05, 0) is 19.8 Å². The van der Waals surface area contributed by atoms with Gasteiger partial charge in [-0.15, -0.1) is 0 Å². The first-order chi connectivity index (χ1) is 7.77. The van der Waals surface area contributed by atoms with Crippen LogP contribution < -0.4 is 11.1 Å². The number of nitrogens with zero attached hydrogens (tertiary/aromatic N) is 2. The summed E-state index contributed by atoms with van der Waals surface area (Å²) in [6.45, 7) is 2.12. The predicted molar refractivity (Wildman–Crippen MR) is 63.8 cm³/mol. The number of aromatic nitrogens is 2. The Morgan fingerprint density at radius 1 is 1.38 bits per heavy atom. The van der Waals surface area contributed by atoms with Crippen LogP contribution in [0.2, 0.25) is 0 Å². The SMILES string of the molecule is C[C@H](N[C@H]1CCCC[C@@H]1N)c1cnccn1. The van der Waals surface area contributed by atoms with E-state index in [-0.39, 0.29) is 12.1 Å². The maximum absolute atomic E-state index is 6.11. The van der Waals surface area contributed by atoms with Crippen molar-refractivity contribution in [1.82, 2.24) is 15.3 Å². The maximum atomic E-state index is 6.11. The Morgan fingerprint density at radius 2 is 2.19 bits per heavy atom. The lowest BCUT2D eigenvalue weighted by molar-refractivity contribution is 0.305. The van der Waals surface area contributed by atoms with E-state index in [1.165, 1.54) is 19.3 Å². The molecule has 1 aliphatic rings. The van der Waals surface area contributed by atoms with Gasteiger partial charge in [-0.3, -0.25) is 9.97 Å². The zero-order valence-corrected chi connectivity index (χ0v) is 9.76. The fourth-order valence-corrected chi connectivity index (χ4v) is 2.31. The van der Waals surface area contributed by atoms with Crippen LogP contribution in [-0.4, -0.2) is 22.1 Å². The van der Waals surface area contributed by atoms with E-state index in [0.29, 0.717) is 6.04 Å². The fraction of sp³-hybridized carbons (Fsp3) is 0.667. The van der Waals surface area contributed by atoms with Crippen LogP contribution in [0.25, 0.3) is 0 Å². The van der Waals surface area contributed by atoms with Crippen molar-refractivity contribution in [3.05, 3.63) is 24.3 Å². The molecule has 0 radical (unpaired) electrons. The molecule has 1 saturated carbocycles. The highest BCUT2D eigenvalue weighted by Gasteiger charge is 2.23. The van der Waals surface area contributed by atoms with Crippen LogP contribution in [0.4, 0.5) is 0 Å². The molecular formula is C12H20N4. The molecule has 1 aromatic rings. The van der Waals surface area contributed by atoms with Gasteiger partial charge in [0.2, 0.25) is 0 Å². The van der Waals surface area contributed by atoms with E-state index in [9.17, 15) is 0 Å². The van der Waals surface area contributed by atoms with Crippen LogP contribution in [0.3, 0.4) is 0 Å². The Kier molecular flexibility index (Phi) is 3.85. The minimum absolute atomic E-state index is 0.225. The highest BCUT2D eigenvalue weighted by molar-refractivity contribution is 5.02. The summed E-state index contributed by atoms with van der Waals surface area (Å²) < 4.78 is 0. The summed E-state index contributed by atoms with van der Waals surface area (Å²) in [5.74, 6) is 0. The van der Waals surface area contributed by atoms with Gasteiger partial charge in [0.05, 0.1) is 5.69 Å². The average molecular weight is 220 g/mol. The number of hydrogen-bond donors (Lipinski definition) is 2. The Bertz CT molecular complexity index is 314. The summed E-state index contributed by atoms with van der Waals surface area (Å²) in [5, 5.41) is 3.56. The smallest absolute Gasteiger partial charge is 0.0753 e. The Hall–Kier alpha value is -1.00. The van der Waals surface area contributed by atoms with Crippen molar-refractivity contribution >= 4 is 0 Å². The molecule has 1 aliphatic carbocycles. The van der Waals surface area contributed by atoms with Gasteiger partial charge in [0.15, 0.2) is 0 Å². The van der Waals surface area contributed by atoms with Gasteiger partial charge < -0.3 is 11.1 Å². The third-order valence-electron chi connectivity index (χ3n) is 3.31. The molecule has 3 N–H and O–H groups in total. The Morgan fingerprint density at radius 3 is 2.88 bits per heavy atom. The second-order valence-corrected chi connectivity index (χ2v) is 4.57. The maximum Gasteiger partial charge on any atom is 0.0753 e. The summed E-state index contributed by atoms with van der Waals surface area (Å²) in [6, 6.07) is 0.932. The molecule has 0 unspecified atom stereocenters. The highest BCUT2D eigenvalue weighted by Crippen LogP contribution is 2.19. The van der Waals surface area contributed by atoms with E-state index >= 15 is 0 Å². The van der Waals surface area contributed by atoms with E-state index in [0.717, 1.165) is 12.1 Å². The lowest BCUT2D eigenvalue weighted by Gasteiger charge is -2.31. The third-order valence-corrected chi connectivity index (χ3v) is 3.31. The van der Waals surface area contributed by atoms with E-state index in [1.54, 1.807) is 12.4 Å². The first kappa shape index (κ1) is 11.5. The molecule has 16 heavy (non-hydrogen) atoms. The van der Waals surface area contributed by atoms with Gasteiger partial charge in [-0.25, -0.2) is 0 Å². The number of hydrogen-bond acceptors (Lipinski definition) is 4. The molecule has 4 nitrogen and oxygen atoms in total. The molecule has 0 spiro atoms. The van der Waals surface area contributed by atoms with Gasteiger partial charge >= 0.3 is 0 Å². The first-order valence-corrected chi connectivity index (χ1v) is 6.05. The fourth-order valence-electron chi connectivity index (χ4n) is 2.31. The molecule has 88 valence electrons. The first-order valence-electron chi connectivity index (χ1n) is 6.05. The molecule has 0 amide bonds. The monoisotopic (exact) mass is 220 g/mol. The third kappa shape index (κ3) is 2.77. The summed E-state index contributed by atoms with van der Waals surface area (Å²) in [6.07, 6.45) is 10.1. The average Bonchev–Trinajstić information content (AvgIpc) is 2.33. The summed E-state index contributed by atoms with van der Waals surface area (Å²) in [5.41, 5.74) is 7.09. The van der Waals surface area contributed by atoms with Crippen molar-refractivity contribution < 1.29 is 0 Å². The number of nitrogens with one attached hydrogen (secondary N) is 1.